The van der Waals surface area contributed by atoms with Gasteiger partial charge in [0.1, 0.15) is 11.9 Å². The van der Waals surface area contributed by atoms with Crippen LogP contribution in [-0.2, 0) is 4.79 Å². The molecule has 3 N–H and O–H groups in total. The van der Waals surface area contributed by atoms with E-state index in [-0.39, 0.29) is 18.0 Å². The van der Waals surface area contributed by atoms with Crippen LogP contribution in [0.15, 0.2) is 24.2 Å². The molecule has 1 heterocycles. The Kier molecular flexibility index (Phi) is 3.39. The highest BCUT2D eigenvalue weighted by atomic mass is 16.2. The van der Waals surface area contributed by atoms with Crippen molar-refractivity contribution in [1.82, 2.24) is 10.2 Å². The molecule has 0 saturated heterocycles. The fourth-order valence-electron chi connectivity index (χ4n) is 1.89. The molecule has 0 radical (unpaired) electrons. The van der Waals surface area contributed by atoms with Gasteiger partial charge in [0.05, 0.1) is 5.70 Å². The van der Waals surface area contributed by atoms with E-state index in [2.05, 4.69) is 11.9 Å². The van der Waals surface area contributed by atoms with Gasteiger partial charge in [0.25, 0.3) is 0 Å². The van der Waals surface area contributed by atoms with Crippen LogP contribution >= 0.6 is 0 Å². The van der Waals surface area contributed by atoms with Crippen molar-refractivity contribution < 1.29 is 4.79 Å². The van der Waals surface area contributed by atoms with Crippen LogP contribution in [0.25, 0.3) is 0 Å². The molecule has 0 fully saturated rings. The van der Waals surface area contributed by atoms with E-state index in [4.69, 9.17) is 5.73 Å². The molecule has 0 spiro atoms. The van der Waals surface area contributed by atoms with Crippen LogP contribution in [0.5, 0.6) is 0 Å². The van der Waals surface area contributed by atoms with E-state index in [1.54, 1.807) is 6.08 Å². The number of allylic oxidation sites excluding steroid dienone is 1. The first-order valence-corrected chi connectivity index (χ1v) is 5.24. The van der Waals surface area contributed by atoms with Gasteiger partial charge in [0.2, 0.25) is 5.91 Å². The van der Waals surface area contributed by atoms with Crippen molar-refractivity contribution in [2.45, 2.75) is 39.3 Å². The van der Waals surface area contributed by atoms with Crippen LogP contribution in [0.3, 0.4) is 0 Å². The quantitative estimate of drug-likeness (QED) is 0.726. The van der Waals surface area contributed by atoms with E-state index in [0.29, 0.717) is 11.5 Å². The molecule has 1 aliphatic heterocycles. The fourth-order valence-corrected chi connectivity index (χ4v) is 1.89. The summed E-state index contributed by atoms with van der Waals surface area (Å²) in [5.41, 5.74) is 6.59. The van der Waals surface area contributed by atoms with Gasteiger partial charge in [0.15, 0.2) is 0 Å². The Hall–Kier alpha value is -1.45. The summed E-state index contributed by atoms with van der Waals surface area (Å²) in [6, 6.07) is 0.0321. The highest BCUT2D eigenvalue weighted by Crippen LogP contribution is 2.20. The van der Waals surface area contributed by atoms with Crippen molar-refractivity contribution in [3.8, 4) is 0 Å². The molecule has 4 nitrogen and oxygen atoms in total. The van der Waals surface area contributed by atoms with Gasteiger partial charge < -0.3 is 16.0 Å². The Morgan fingerprint density at radius 2 is 2.27 bits per heavy atom. The first kappa shape index (κ1) is 11.6. The minimum Gasteiger partial charge on any atom is -0.384 e. The van der Waals surface area contributed by atoms with Crippen LogP contribution < -0.4 is 11.1 Å². The molecule has 1 amide bonds. The van der Waals surface area contributed by atoms with Crippen LogP contribution in [0, 0.1) is 0 Å². The van der Waals surface area contributed by atoms with Crippen LogP contribution in [0.1, 0.15) is 27.2 Å². The van der Waals surface area contributed by atoms with Gasteiger partial charge in [-0.1, -0.05) is 13.5 Å². The monoisotopic (exact) mass is 209 g/mol. The second kappa shape index (κ2) is 4.38. The predicted molar refractivity (Wildman–Crippen MR) is 60.6 cm³/mol. The number of nitrogens with one attached hydrogen (secondary N) is 1. The number of hydrogen-bond donors (Lipinski definition) is 2. The summed E-state index contributed by atoms with van der Waals surface area (Å²) in [5.74, 6) is 0.599. The molecule has 1 rings (SSSR count). The molecule has 0 aliphatic carbocycles. The van der Waals surface area contributed by atoms with Gasteiger partial charge in [-0.3, -0.25) is 4.79 Å². The topological polar surface area (TPSA) is 58.4 Å². The zero-order valence-corrected chi connectivity index (χ0v) is 9.58. The van der Waals surface area contributed by atoms with Crippen molar-refractivity contribution in [1.29, 1.82) is 0 Å². The molecular weight excluding hydrogens is 190 g/mol. The molecule has 0 aromatic carbocycles. The molecule has 1 unspecified atom stereocenters. The standard InChI is InChI=1S/C11H19N3O/c1-5-8-10(12)14(7(3)4)9(6-2)11(15)13-8/h5,7,9H,1,6,12H2,2-4H3,(H,13,15). The Balaban J connectivity index is 3.13. The molecule has 0 aromatic heterocycles. The maximum absolute atomic E-state index is 11.8. The van der Waals surface area contributed by atoms with E-state index in [1.165, 1.54) is 0 Å². The number of carbonyl (C=O) groups is 1. The molecular formula is C11H19N3O. The number of carbonyl (C=O) groups excluding carboxylic acids is 1. The number of amides is 1. The second-order valence-corrected chi connectivity index (χ2v) is 3.92. The summed E-state index contributed by atoms with van der Waals surface area (Å²) in [4.78, 5) is 13.7. The maximum Gasteiger partial charge on any atom is 0.247 e. The third kappa shape index (κ3) is 1.98. The van der Waals surface area contributed by atoms with Crippen molar-refractivity contribution in [3.63, 3.8) is 0 Å². The highest BCUT2D eigenvalue weighted by molar-refractivity contribution is 5.85. The van der Waals surface area contributed by atoms with Crippen LogP contribution in [0.4, 0.5) is 0 Å². The molecule has 15 heavy (non-hydrogen) atoms. The Morgan fingerprint density at radius 3 is 2.67 bits per heavy atom. The summed E-state index contributed by atoms with van der Waals surface area (Å²) in [6.45, 7) is 9.66. The summed E-state index contributed by atoms with van der Waals surface area (Å²) >= 11 is 0. The van der Waals surface area contributed by atoms with E-state index < -0.39 is 0 Å². The average Bonchev–Trinajstić information content (AvgIpc) is 2.19. The Labute approximate surface area is 90.8 Å². The molecule has 0 saturated carbocycles. The molecule has 0 aromatic rings. The van der Waals surface area contributed by atoms with Gasteiger partial charge >= 0.3 is 0 Å². The minimum absolute atomic E-state index is 0.00435. The Morgan fingerprint density at radius 1 is 1.67 bits per heavy atom. The van der Waals surface area contributed by atoms with Gasteiger partial charge in [-0.25, -0.2) is 0 Å². The number of hydrogen-bond acceptors (Lipinski definition) is 3. The SMILES string of the molecule is C=CC1=C(N)N(C(C)C)C(CC)C(=O)N1. The predicted octanol–water partition coefficient (Wildman–Crippen LogP) is 0.919. The average molecular weight is 209 g/mol. The zero-order chi connectivity index (χ0) is 11.6. The van der Waals surface area contributed by atoms with Crippen LogP contribution in [-0.4, -0.2) is 22.9 Å². The molecule has 84 valence electrons. The van der Waals surface area contributed by atoms with Gasteiger partial charge in [-0.15, -0.1) is 0 Å². The van der Waals surface area contributed by atoms with E-state index >= 15 is 0 Å². The molecule has 0 bridgehead atoms. The largest absolute Gasteiger partial charge is 0.384 e. The number of nitrogens with two attached hydrogens (primary N) is 1. The summed E-state index contributed by atoms with van der Waals surface area (Å²) in [5, 5.41) is 2.76. The van der Waals surface area contributed by atoms with Gasteiger partial charge in [-0.2, -0.15) is 0 Å². The maximum atomic E-state index is 11.8. The van der Waals surface area contributed by atoms with Crippen LogP contribution in [0.2, 0.25) is 0 Å². The number of rotatable bonds is 3. The van der Waals surface area contributed by atoms with Crippen molar-refractivity contribution in [2.24, 2.45) is 5.73 Å². The van der Waals surface area contributed by atoms with Crippen molar-refractivity contribution >= 4 is 5.91 Å². The lowest BCUT2D eigenvalue weighted by Crippen LogP contribution is -2.55. The first-order valence-electron chi connectivity index (χ1n) is 5.24. The highest BCUT2D eigenvalue weighted by Gasteiger charge is 2.32. The van der Waals surface area contributed by atoms with E-state index in [1.807, 2.05) is 25.7 Å². The van der Waals surface area contributed by atoms with Gasteiger partial charge in [-0.05, 0) is 26.3 Å². The number of nitrogens with zero attached hydrogens (tertiary/aromatic N) is 1. The van der Waals surface area contributed by atoms with Crippen molar-refractivity contribution in [2.75, 3.05) is 0 Å². The summed E-state index contributed by atoms with van der Waals surface area (Å²) in [7, 11) is 0. The smallest absolute Gasteiger partial charge is 0.247 e. The lowest BCUT2D eigenvalue weighted by atomic mass is 10.1. The zero-order valence-electron chi connectivity index (χ0n) is 9.58. The fraction of sp³-hybridized carbons (Fsp3) is 0.545. The minimum atomic E-state index is -0.173. The summed E-state index contributed by atoms with van der Waals surface area (Å²) < 4.78 is 0. The summed E-state index contributed by atoms with van der Waals surface area (Å²) in [6.07, 6.45) is 2.32. The van der Waals surface area contributed by atoms with E-state index in [9.17, 15) is 4.79 Å². The lowest BCUT2D eigenvalue weighted by Gasteiger charge is -2.39. The molecule has 1 aliphatic rings. The van der Waals surface area contributed by atoms with Gasteiger partial charge in [0, 0.05) is 6.04 Å². The molecule has 1 atom stereocenters. The van der Waals surface area contributed by atoms with E-state index in [0.717, 1.165) is 6.42 Å². The lowest BCUT2D eigenvalue weighted by molar-refractivity contribution is -0.126. The first-order chi connectivity index (χ1) is 7.02. The normalized spacial score (nSPS) is 22.0. The molecule has 4 heteroatoms. The third-order valence-corrected chi connectivity index (χ3v) is 2.60. The third-order valence-electron chi connectivity index (χ3n) is 2.60. The second-order valence-electron chi connectivity index (χ2n) is 3.92. The Bertz CT molecular complexity index is 307. The van der Waals surface area contributed by atoms with Crippen molar-refractivity contribution in [3.05, 3.63) is 24.2 Å².